The summed E-state index contributed by atoms with van der Waals surface area (Å²) in [6.45, 7) is 2.76. The highest BCUT2D eigenvalue weighted by Gasteiger charge is 2.20. The Labute approximate surface area is 171 Å². The van der Waals surface area contributed by atoms with Crippen molar-refractivity contribution < 1.29 is 4.74 Å². The van der Waals surface area contributed by atoms with Gasteiger partial charge in [-0.05, 0) is 31.2 Å². The van der Waals surface area contributed by atoms with Crippen LogP contribution in [0.3, 0.4) is 0 Å². The zero-order chi connectivity index (χ0) is 19.5. The molecule has 3 heterocycles. The topological polar surface area (TPSA) is 51.1 Å². The lowest BCUT2D eigenvalue weighted by molar-refractivity contribution is 0.201. The van der Waals surface area contributed by atoms with Gasteiger partial charge in [0.15, 0.2) is 5.82 Å². The maximum Gasteiger partial charge on any atom is 0.213 e. The third-order valence-electron chi connectivity index (χ3n) is 5.84. The number of pyridine rings is 1. The third kappa shape index (κ3) is 4.30. The molecule has 2 aliphatic rings. The molecule has 0 saturated heterocycles. The van der Waals surface area contributed by atoms with E-state index in [4.69, 9.17) is 9.72 Å². The molecule has 1 aromatic carbocycles. The zero-order valence-electron chi connectivity index (χ0n) is 16.6. The van der Waals surface area contributed by atoms with Gasteiger partial charge in [-0.3, -0.25) is 4.90 Å². The lowest BCUT2D eigenvalue weighted by atomic mass is 10.1. The van der Waals surface area contributed by atoms with Crippen molar-refractivity contribution in [1.82, 2.24) is 19.9 Å². The molecule has 0 bridgehead atoms. The van der Waals surface area contributed by atoms with E-state index >= 15 is 0 Å². The Bertz CT molecular complexity index is 952. The van der Waals surface area contributed by atoms with Crippen LogP contribution in [0.25, 0.3) is 11.4 Å². The zero-order valence-corrected chi connectivity index (χ0v) is 16.6. The molecule has 5 nitrogen and oxygen atoms in total. The van der Waals surface area contributed by atoms with E-state index in [1.807, 2.05) is 36.7 Å². The predicted molar refractivity (Wildman–Crippen MR) is 112 cm³/mol. The molecule has 1 aliphatic heterocycles. The molecule has 29 heavy (non-hydrogen) atoms. The molecule has 0 atom stereocenters. The van der Waals surface area contributed by atoms with Gasteiger partial charge in [0.2, 0.25) is 5.88 Å². The third-order valence-corrected chi connectivity index (χ3v) is 5.84. The van der Waals surface area contributed by atoms with Crippen molar-refractivity contribution in [3.8, 4) is 17.3 Å². The molecular formula is C24H26N4O. The van der Waals surface area contributed by atoms with Crippen molar-refractivity contribution >= 4 is 0 Å². The van der Waals surface area contributed by atoms with E-state index in [1.165, 1.54) is 29.7 Å². The highest BCUT2D eigenvalue weighted by molar-refractivity contribution is 5.54. The summed E-state index contributed by atoms with van der Waals surface area (Å²) in [4.78, 5) is 16.4. The van der Waals surface area contributed by atoms with Crippen molar-refractivity contribution in [2.45, 2.75) is 51.3 Å². The number of aromatic nitrogens is 3. The second-order valence-electron chi connectivity index (χ2n) is 8.02. The van der Waals surface area contributed by atoms with Gasteiger partial charge in [0.1, 0.15) is 6.10 Å². The first-order chi connectivity index (χ1) is 14.3. The molecule has 1 fully saturated rings. The van der Waals surface area contributed by atoms with Crippen LogP contribution in [0.4, 0.5) is 0 Å². The Balaban J connectivity index is 1.22. The van der Waals surface area contributed by atoms with Gasteiger partial charge in [-0.25, -0.2) is 15.0 Å². The summed E-state index contributed by atoms with van der Waals surface area (Å²) in [6.07, 6.45) is 10.1. The first-order valence-electron chi connectivity index (χ1n) is 10.6. The second kappa shape index (κ2) is 8.29. The molecule has 5 heteroatoms. The van der Waals surface area contributed by atoms with Crippen LogP contribution < -0.4 is 4.74 Å². The van der Waals surface area contributed by atoms with Gasteiger partial charge in [-0.1, -0.05) is 36.4 Å². The van der Waals surface area contributed by atoms with Gasteiger partial charge >= 0.3 is 0 Å². The minimum atomic E-state index is 0.354. The normalized spacial score (nSPS) is 17.2. The Morgan fingerprint density at radius 1 is 0.966 bits per heavy atom. The highest BCUT2D eigenvalue weighted by atomic mass is 16.5. The van der Waals surface area contributed by atoms with Crippen LogP contribution >= 0.6 is 0 Å². The molecule has 0 unspecified atom stereocenters. The van der Waals surface area contributed by atoms with Gasteiger partial charge in [0, 0.05) is 55.6 Å². The average Bonchev–Trinajstić information content (AvgIpc) is 3.28. The molecule has 5 rings (SSSR count). The van der Waals surface area contributed by atoms with E-state index in [0.717, 1.165) is 56.2 Å². The molecule has 3 aromatic rings. The molecule has 2 aromatic heterocycles. The number of rotatable bonds is 5. The predicted octanol–water partition coefficient (Wildman–Crippen LogP) is 4.42. The Hall–Kier alpha value is -2.79. The van der Waals surface area contributed by atoms with E-state index in [0.29, 0.717) is 6.10 Å². The summed E-state index contributed by atoms with van der Waals surface area (Å²) in [5, 5.41) is 0. The molecule has 0 N–H and O–H groups in total. The number of hydrogen-bond acceptors (Lipinski definition) is 5. The molecule has 1 aliphatic carbocycles. The van der Waals surface area contributed by atoms with Gasteiger partial charge in [0.05, 0.1) is 5.69 Å². The number of hydrogen-bond donors (Lipinski definition) is 0. The van der Waals surface area contributed by atoms with E-state index in [-0.39, 0.29) is 0 Å². The van der Waals surface area contributed by atoms with Crippen molar-refractivity contribution in [1.29, 1.82) is 0 Å². The Kier molecular flexibility index (Phi) is 5.22. The molecule has 0 radical (unpaired) electrons. The minimum absolute atomic E-state index is 0.354. The van der Waals surface area contributed by atoms with E-state index < -0.39 is 0 Å². The molecule has 0 spiro atoms. The fourth-order valence-electron chi connectivity index (χ4n) is 4.25. The monoisotopic (exact) mass is 386 g/mol. The fourth-order valence-corrected chi connectivity index (χ4v) is 4.25. The van der Waals surface area contributed by atoms with Crippen molar-refractivity contribution in [2.75, 3.05) is 6.54 Å². The molecular weight excluding hydrogens is 360 g/mol. The maximum atomic E-state index is 5.97. The number of nitrogens with zero attached hydrogens (tertiary/aromatic N) is 4. The summed E-state index contributed by atoms with van der Waals surface area (Å²) in [6, 6.07) is 14.3. The van der Waals surface area contributed by atoms with Crippen LogP contribution in [-0.2, 0) is 19.5 Å². The lowest BCUT2D eigenvalue weighted by Gasteiger charge is -2.28. The summed E-state index contributed by atoms with van der Waals surface area (Å²) in [7, 11) is 0. The standard InChI is InChI=1S/C24H26N4O/c1-2-6-19(7-3-1)24-26-15-20-17-28(13-12-22(20)27-24)16-18-10-11-23(25-14-18)29-21-8-4-5-9-21/h1-3,6-7,10-11,14-15,21H,4-5,8-9,12-13,16-17H2. The van der Waals surface area contributed by atoms with Crippen molar-refractivity contribution in [2.24, 2.45) is 0 Å². The van der Waals surface area contributed by atoms with E-state index in [9.17, 15) is 0 Å². The van der Waals surface area contributed by atoms with Crippen LogP contribution in [0, 0.1) is 0 Å². The highest BCUT2D eigenvalue weighted by Crippen LogP contribution is 2.24. The first kappa shape index (κ1) is 18.3. The van der Waals surface area contributed by atoms with Crippen LogP contribution in [0.2, 0.25) is 0 Å². The SMILES string of the molecule is c1ccc(-c2ncc3c(n2)CCN(Cc2ccc(OC4CCCC4)nc2)C3)cc1. The van der Waals surface area contributed by atoms with Gasteiger partial charge in [0.25, 0.3) is 0 Å². The van der Waals surface area contributed by atoms with Crippen LogP contribution in [0.5, 0.6) is 5.88 Å². The van der Waals surface area contributed by atoms with Crippen LogP contribution in [0.15, 0.2) is 54.9 Å². The minimum Gasteiger partial charge on any atom is -0.474 e. The maximum absolute atomic E-state index is 5.97. The van der Waals surface area contributed by atoms with Crippen molar-refractivity contribution in [3.05, 3.63) is 71.7 Å². The van der Waals surface area contributed by atoms with Crippen LogP contribution in [-0.4, -0.2) is 32.5 Å². The fraction of sp³-hybridized carbons (Fsp3) is 0.375. The summed E-state index contributed by atoms with van der Waals surface area (Å²) >= 11 is 0. The first-order valence-corrected chi connectivity index (χ1v) is 10.6. The average molecular weight is 386 g/mol. The largest absolute Gasteiger partial charge is 0.474 e. The number of benzene rings is 1. The van der Waals surface area contributed by atoms with Gasteiger partial charge in [-0.2, -0.15) is 0 Å². The van der Waals surface area contributed by atoms with E-state index in [2.05, 4.69) is 33.1 Å². The molecule has 0 amide bonds. The Morgan fingerprint density at radius 2 is 1.83 bits per heavy atom. The van der Waals surface area contributed by atoms with E-state index in [1.54, 1.807) is 0 Å². The Morgan fingerprint density at radius 3 is 2.62 bits per heavy atom. The summed E-state index contributed by atoms with van der Waals surface area (Å²) in [5.74, 6) is 1.58. The number of ether oxygens (including phenoxy) is 1. The summed E-state index contributed by atoms with van der Waals surface area (Å²) < 4.78 is 5.97. The summed E-state index contributed by atoms with van der Waals surface area (Å²) in [5.41, 5.74) is 4.69. The smallest absolute Gasteiger partial charge is 0.213 e. The quantitative estimate of drug-likeness (QED) is 0.650. The van der Waals surface area contributed by atoms with Crippen molar-refractivity contribution in [3.63, 3.8) is 0 Å². The molecule has 1 saturated carbocycles. The van der Waals surface area contributed by atoms with Gasteiger partial charge in [-0.15, -0.1) is 0 Å². The lowest BCUT2D eigenvalue weighted by Crippen LogP contribution is -2.31. The molecule has 148 valence electrons. The van der Waals surface area contributed by atoms with Gasteiger partial charge < -0.3 is 4.74 Å². The number of fused-ring (bicyclic) bond motifs is 1. The second-order valence-corrected chi connectivity index (χ2v) is 8.02. The van der Waals surface area contributed by atoms with Crippen LogP contribution in [0.1, 0.15) is 42.5 Å².